The zero-order chi connectivity index (χ0) is 15.1. The van der Waals surface area contributed by atoms with E-state index in [4.69, 9.17) is 4.52 Å². The molecule has 0 amide bonds. The van der Waals surface area contributed by atoms with Gasteiger partial charge in [-0.3, -0.25) is 0 Å². The van der Waals surface area contributed by atoms with Crippen LogP contribution in [0.3, 0.4) is 0 Å². The monoisotopic (exact) mass is 286 g/mol. The Morgan fingerprint density at radius 3 is 2.76 bits per heavy atom. The van der Waals surface area contributed by atoms with Crippen molar-refractivity contribution in [2.75, 3.05) is 6.54 Å². The van der Waals surface area contributed by atoms with E-state index >= 15 is 0 Å². The molecule has 0 aliphatic rings. The minimum absolute atomic E-state index is 0.592. The summed E-state index contributed by atoms with van der Waals surface area (Å²) < 4.78 is 4.81. The van der Waals surface area contributed by atoms with Gasteiger partial charge in [0, 0.05) is 12.6 Å². The van der Waals surface area contributed by atoms with E-state index in [2.05, 4.69) is 52.8 Å². The Bertz CT molecular complexity index is 590. The molecule has 1 heterocycles. The van der Waals surface area contributed by atoms with Gasteiger partial charge in [-0.15, -0.1) is 0 Å². The average Bonchev–Trinajstić information content (AvgIpc) is 2.96. The van der Waals surface area contributed by atoms with E-state index in [9.17, 15) is 0 Å². The zero-order valence-electron chi connectivity index (χ0n) is 12.8. The van der Waals surface area contributed by atoms with Crippen molar-refractivity contribution in [2.45, 2.75) is 33.9 Å². The van der Waals surface area contributed by atoms with E-state index in [0.29, 0.717) is 13.1 Å². The lowest BCUT2D eigenvalue weighted by Crippen LogP contribution is -2.36. The Kier molecular flexibility index (Phi) is 5.37. The molecule has 1 aromatic heterocycles. The summed E-state index contributed by atoms with van der Waals surface area (Å²) in [7, 11) is 0. The number of aliphatic imine (C=N–C) groups is 1. The molecular formula is C16H22N4O. The normalized spacial score (nSPS) is 11.5. The summed E-state index contributed by atoms with van der Waals surface area (Å²) in [6.07, 6.45) is 1.57. The first kappa shape index (κ1) is 15.1. The summed E-state index contributed by atoms with van der Waals surface area (Å²) in [4.78, 5) is 4.61. The molecule has 0 saturated carbocycles. The van der Waals surface area contributed by atoms with Gasteiger partial charge < -0.3 is 15.2 Å². The van der Waals surface area contributed by atoms with E-state index in [1.54, 1.807) is 6.26 Å². The quantitative estimate of drug-likeness (QED) is 0.655. The highest BCUT2D eigenvalue weighted by Crippen LogP contribution is 2.11. The molecule has 2 N–H and O–H groups in total. The van der Waals surface area contributed by atoms with Crippen molar-refractivity contribution in [2.24, 2.45) is 4.99 Å². The van der Waals surface area contributed by atoms with Crippen molar-refractivity contribution in [1.82, 2.24) is 15.8 Å². The van der Waals surface area contributed by atoms with Crippen LogP contribution >= 0.6 is 0 Å². The smallest absolute Gasteiger partial charge is 0.191 e. The van der Waals surface area contributed by atoms with Crippen LogP contribution < -0.4 is 10.6 Å². The van der Waals surface area contributed by atoms with E-state index in [1.807, 2.05) is 13.0 Å². The lowest BCUT2D eigenvalue weighted by Gasteiger charge is -2.11. The van der Waals surface area contributed by atoms with Crippen LogP contribution in [0.2, 0.25) is 0 Å². The van der Waals surface area contributed by atoms with E-state index in [0.717, 1.165) is 18.2 Å². The fourth-order valence-corrected chi connectivity index (χ4v) is 2.03. The summed E-state index contributed by atoms with van der Waals surface area (Å²) >= 11 is 0. The lowest BCUT2D eigenvalue weighted by molar-refractivity contribution is 0.410. The average molecular weight is 286 g/mol. The van der Waals surface area contributed by atoms with Crippen LogP contribution in [-0.4, -0.2) is 17.7 Å². The van der Waals surface area contributed by atoms with Crippen molar-refractivity contribution in [3.05, 3.63) is 52.9 Å². The lowest BCUT2D eigenvalue weighted by atomic mass is 10.1. The molecule has 0 saturated heterocycles. The number of hydrogen-bond acceptors (Lipinski definition) is 3. The van der Waals surface area contributed by atoms with Gasteiger partial charge in [-0.1, -0.05) is 28.9 Å². The van der Waals surface area contributed by atoms with Gasteiger partial charge in [-0.25, -0.2) is 4.99 Å². The van der Waals surface area contributed by atoms with Gasteiger partial charge in [0.15, 0.2) is 5.96 Å². The maximum Gasteiger partial charge on any atom is 0.191 e. The number of hydrogen-bond donors (Lipinski definition) is 2. The van der Waals surface area contributed by atoms with Gasteiger partial charge in [0.25, 0.3) is 0 Å². The van der Waals surface area contributed by atoms with Crippen LogP contribution in [0, 0.1) is 13.8 Å². The molecule has 0 unspecified atom stereocenters. The van der Waals surface area contributed by atoms with Crippen LogP contribution in [0.15, 0.2) is 40.0 Å². The Morgan fingerprint density at radius 2 is 2.10 bits per heavy atom. The number of guanidine groups is 1. The molecule has 2 rings (SSSR count). The maximum atomic E-state index is 4.81. The van der Waals surface area contributed by atoms with Crippen LogP contribution in [0.4, 0.5) is 0 Å². The number of nitrogens with zero attached hydrogens (tertiary/aromatic N) is 2. The third-order valence-electron chi connectivity index (χ3n) is 3.18. The predicted octanol–water partition coefficient (Wildman–Crippen LogP) is 2.55. The van der Waals surface area contributed by atoms with E-state index in [1.165, 1.54) is 16.7 Å². The van der Waals surface area contributed by atoms with Crippen molar-refractivity contribution >= 4 is 5.96 Å². The Labute approximate surface area is 125 Å². The number of aromatic nitrogens is 1. The second-order valence-corrected chi connectivity index (χ2v) is 4.97. The number of rotatable bonds is 5. The number of aryl methyl sites for hydroxylation is 2. The van der Waals surface area contributed by atoms with Gasteiger partial charge in [-0.05, 0) is 31.9 Å². The highest BCUT2D eigenvalue weighted by Gasteiger charge is 2.02. The minimum atomic E-state index is 0.592. The van der Waals surface area contributed by atoms with Crippen LogP contribution in [-0.2, 0) is 13.1 Å². The Hall–Kier alpha value is -2.30. The van der Waals surface area contributed by atoms with Crippen LogP contribution in [0.5, 0.6) is 0 Å². The van der Waals surface area contributed by atoms with Gasteiger partial charge in [-0.2, -0.15) is 0 Å². The second-order valence-electron chi connectivity index (χ2n) is 4.97. The molecule has 5 nitrogen and oxygen atoms in total. The Balaban J connectivity index is 1.99. The molecule has 112 valence electrons. The van der Waals surface area contributed by atoms with Gasteiger partial charge >= 0.3 is 0 Å². The molecule has 0 radical (unpaired) electrons. The summed E-state index contributed by atoms with van der Waals surface area (Å²) in [5.74, 6) is 0.778. The summed E-state index contributed by atoms with van der Waals surface area (Å²) in [5.41, 5.74) is 4.63. The molecule has 0 spiro atoms. The first-order valence-corrected chi connectivity index (χ1v) is 7.16. The van der Waals surface area contributed by atoms with Gasteiger partial charge in [0.2, 0.25) is 0 Å². The van der Waals surface area contributed by atoms with Gasteiger partial charge in [0.1, 0.15) is 12.0 Å². The maximum absolute atomic E-state index is 4.81. The summed E-state index contributed by atoms with van der Waals surface area (Å²) in [6.45, 7) is 8.33. The summed E-state index contributed by atoms with van der Waals surface area (Å²) in [6, 6.07) is 8.27. The standard InChI is InChI=1S/C16H22N4O/c1-4-17-16(19-11-15-7-8-21-20-15)18-10-14-6-5-12(2)9-13(14)3/h5-9H,4,10-11H2,1-3H3,(H2,17,18,19). The third kappa shape index (κ3) is 4.63. The van der Waals surface area contributed by atoms with Crippen molar-refractivity contribution in [3.63, 3.8) is 0 Å². The fourth-order valence-electron chi connectivity index (χ4n) is 2.03. The van der Waals surface area contributed by atoms with Crippen molar-refractivity contribution in [1.29, 1.82) is 0 Å². The molecule has 0 bridgehead atoms. The molecule has 2 aromatic rings. The molecule has 1 aromatic carbocycles. The van der Waals surface area contributed by atoms with Crippen molar-refractivity contribution in [3.8, 4) is 0 Å². The largest absolute Gasteiger partial charge is 0.364 e. The highest BCUT2D eigenvalue weighted by molar-refractivity contribution is 5.79. The number of benzene rings is 1. The van der Waals surface area contributed by atoms with Crippen LogP contribution in [0.1, 0.15) is 29.3 Å². The van der Waals surface area contributed by atoms with Gasteiger partial charge in [0.05, 0.1) is 13.1 Å². The molecule has 5 heteroatoms. The molecular weight excluding hydrogens is 264 g/mol. The van der Waals surface area contributed by atoms with Crippen LogP contribution in [0.25, 0.3) is 0 Å². The zero-order valence-corrected chi connectivity index (χ0v) is 12.8. The molecule has 0 aliphatic carbocycles. The molecule has 21 heavy (non-hydrogen) atoms. The molecule has 0 aliphatic heterocycles. The molecule has 0 atom stereocenters. The topological polar surface area (TPSA) is 62.5 Å². The second kappa shape index (κ2) is 7.47. The predicted molar refractivity (Wildman–Crippen MR) is 84.1 cm³/mol. The first-order chi connectivity index (χ1) is 10.2. The molecule has 0 fully saturated rings. The summed E-state index contributed by atoms with van der Waals surface area (Å²) in [5, 5.41) is 10.3. The third-order valence-corrected chi connectivity index (χ3v) is 3.18. The SMILES string of the molecule is CCNC(=NCc1ccc(C)cc1C)NCc1ccon1. The van der Waals surface area contributed by atoms with E-state index in [-0.39, 0.29) is 0 Å². The minimum Gasteiger partial charge on any atom is -0.364 e. The van der Waals surface area contributed by atoms with Crippen molar-refractivity contribution < 1.29 is 4.52 Å². The first-order valence-electron chi connectivity index (χ1n) is 7.16. The fraction of sp³-hybridized carbons (Fsp3) is 0.375. The van der Waals surface area contributed by atoms with E-state index < -0.39 is 0 Å². The Morgan fingerprint density at radius 1 is 1.24 bits per heavy atom. The number of nitrogens with one attached hydrogen (secondary N) is 2. The highest BCUT2D eigenvalue weighted by atomic mass is 16.5.